The zero-order chi connectivity index (χ0) is 23.4. The first-order chi connectivity index (χ1) is 16.0. The molecule has 0 saturated carbocycles. The minimum absolute atomic E-state index is 0.156. The smallest absolute Gasteiger partial charge is 0.341 e. The highest BCUT2D eigenvalue weighted by molar-refractivity contribution is 7.99. The van der Waals surface area contributed by atoms with Crippen LogP contribution in [-0.4, -0.2) is 39.5 Å². The number of hydrogen-bond acceptors (Lipinski definition) is 8. The monoisotopic (exact) mass is 502 g/mol. The number of aryl methyl sites for hydroxylation is 2. The maximum absolute atomic E-state index is 12.7. The minimum atomic E-state index is -0.397. The number of fused-ring (bicyclic) bond motifs is 1. The fourth-order valence-electron chi connectivity index (χ4n) is 3.88. The summed E-state index contributed by atoms with van der Waals surface area (Å²) in [5.41, 5.74) is 2.55. The van der Waals surface area contributed by atoms with Crippen molar-refractivity contribution in [2.24, 2.45) is 0 Å². The Bertz CT molecular complexity index is 1180. The second-order valence-electron chi connectivity index (χ2n) is 7.65. The lowest BCUT2D eigenvalue weighted by molar-refractivity contribution is -0.113. The van der Waals surface area contributed by atoms with Gasteiger partial charge in [-0.1, -0.05) is 31.2 Å². The molecule has 1 N–H and O–H groups in total. The van der Waals surface area contributed by atoms with Crippen molar-refractivity contribution >= 4 is 51.3 Å². The molecule has 33 heavy (non-hydrogen) atoms. The first kappa shape index (κ1) is 23.7. The summed E-state index contributed by atoms with van der Waals surface area (Å²) in [5.74, 6) is 0.342. The van der Waals surface area contributed by atoms with Crippen LogP contribution in [0, 0.1) is 0 Å². The number of carbonyl (C=O) groups is 2. The fourth-order valence-corrected chi connectivity index (χ4v) is 6.89. The van der Waals surface area contributed by atoms with Gasteiger partial charge in [-0.3, -0.25) is 9.36 Å². The van der Waals surface area contributed by atoms with E-state index in [0.717, 1.165) is 53.9 Å². The predicted octanol–water partition coefficient (Wildman–Crippen LogP) is 5.21. The number of hydrogen-bond donors (Lipinski definition) is 1. The van der Waals surface area contributed by atoms with Crippen molar-refractivity contribution in [3.05, 3.63) is 45.0 Å². The Labute approximate surface area is 205 Å². The van der Waals surface area contributed by atoms with Crippen LogP contribution in [0.4, 0.5) is 5.00 Å². The van der Waals surface area contributed by atoms with Crippen molar-refractivity contribution in [3.63, 3.8) is 0 Å². The average Bonchev–Trinajstić information content (AvgIpc) is 3.57. The van der Waals surface area contributed by atoms with Crippen molar-refractivity contribution in [2.75, 3.05) is 18.2 Å². The molecule has 1 amide bonds. The van der Waals surface area contributed by atoms with Crippen molar-refractivity contribution in [3.8, 4) is 11.4 Å². The zero-order valence-corrected chi connectivity index (χ0v) is 21.1. The van der Waals surface area contributed by atoms with Gasteiger partial charge in [-0.05, 0) is 37.3 Å². The van der Waals surface area contributed by atoms with E-state index in [1.807, 2.05) is 4.57 Å². The summed E-state index contributed by atoms with van der Waals surface area (Å²) >= 11 is 4.52. The van der Waals surface area contributed by atoms with Crippen LogP contribution in [0.2, 0.25) is 0 Å². The summed E-state index contributed by atoms with van der Waals surface area (Å²) < 4.78 is 6.93. The van der Waals surface area contributed by atoms with E-state index >= 15 is 0 Å². The topological polar surface area (TPSA) is 86.1 Å². The maximum atomic E-state index is 12.7. The van der Waals surface area contributed by atoms with Crippen LogP contribution in [0.25, 0.3) is 11.4 Å². The first-order valence-electron chi connectivity index (χ1n) is 10.8. The molecule has 1 aliphatic rings. The van der Waals surface area contributed by atoms with E-state index in [9.17, 15) is 9.59 Å². The molecule has 0 aromatic carbocycles. The molecule has 7 nitrogen and oxygen atoms in total. The Kier molecular flexibility index (Phi) is 7.67. The Morgan fingerprint density at radius 1 is 1.36 bits per heavy atom. The van der Waals surface area contributed by atoms with Gasteiger partial charge in [0.2, 0.25) is 5.91 Å². The molecular formula is C23H26N4O3S3. The lowest BCUT2D eigenvalue weighted by Gasteiger charge is -2.08. The van der Waals surface area contributed by atoms with Gasteiger partial charge in [0.1, 0.15) is 5.00 Å². The second kappa shape index (κ2) is 10.7. The number of rotatable bonds is 10. The Balaban J connectivity index is 1.47. The molecule has 0 radical (unpaired) electrons. The van der Waals surface area contributed by atoms with Crippen LogP contribution < -0.4 is 5.32 Å². The number of allylic oxidation sites excluding steroid dienone is 1. The second-order valence-corrected chi connectivity index (χ2v) is 10.7. The summed E-state index contributed by atoms with van der Waals surface area (Å²) in [5, 5.41) is 15.0. The highest BCUT2D eigenvalue weighted by atomic mass is 32.2. The summed E-state index contributed by atoms with van der Waals surface area (Å²) in [6.07, 6.45) is 6.75. The summed E-state index contributed by atoms with van der Waals surface area (Å²) in [4.78, 5) is 27.5. The number of nitrogens with zero attached hydrogens (tertiary/aromatic N) is 3. The summed E-state index contributed by atoms with van der Waals surface area (Å²) in [6.45, 7) is 6.57. The van der Waals surface area contributed by atoms with Crippen molar-refractivity contribution in [2.45, 2.75) is 50.7 Å². The van der Waals surface area contributed by atoms with E-state index in [1.165, 1.54) is 35.1 Å². The standard InChI is InChI=1S/C23H26N4O3S3/c1-4-7-15-11-14(12-31-15)20-25-26-23(27(20)10-5-2)32-13-18(28)24-21-19(22(29)30-3)16-8-6-9-17(16)33-21/h5,11-12H,2,4,6-10,13H2,1,3H3,(H,24,28). The van der Waals surface area contributed by atoms with E-state index < -0.39 is 5.97 Å². The third-order valence-corrected chi connectivity index (χ3v) is 8.50. The van der Waals surface area contributed by atoms with Crippen LogP contribution in [0.5, 0.6) is 0 Å². The highest BCUT2D eigenvalue weighted by Gasteiger charge is 2.28. The molecule has 0 unspecified atom stereocenters. The Hall–Kier alpha value is -2.43. The lowest BCUT2D eigenvalue weighted by atomic mass is 10.1. The maximum Gasteiger partial charge on any atom is 0.341 e. The minimum Gasteiger partial charge on any atom is -0.465 e. The van der Waals surface area contributed by atoms with Crippen LogP contribution in [0.1, 0.15) is 45.4 Å². The van der Waals surface area contributed by atoms with Crippen molar-refractivity contribution < 1.29 is 14.3 Å². The molecule has 3 heterocycles. The van der Waals surface area contributed by atoms with Crippen LogP contribution in [0.3, 0.4) is 0 Å². The molecule has 0 fully saturated rings. The number of ether oxygens (including phenoxy) is 1. The van der Waals surface area contributed by atoms with Crippen molar-refractivity contribution in [1.29, 1.82) is 0 Å². The number of esters is 1. The molecule has 3 aromatic heterocycles. The molecule has 0 spiro atoms. The molecule has 174 valence electrons. The number of anilines is 1. The quantitative estimate of drug-likeness (QED) is 0.233. The largest absolute Gasteiger partial charge is 0.465 e. The van der Waals surface area contributed by atoms with E-state index in [4.69, 9.17) is 4.74 Å². The third-order valence-electron chi connectivity index (χ3n) is 5.33. The number of methoxy groups -OCH3 is 1. The predicted molar refractivity (Wildman–Crippen MR) is 135 cm³/mol. The van der Waals surface area contributed by atoms with Gasteiger partial charge in [-0.2, -0.15) is 0 Å². The number of nitrogens with one attached hydrogen (secondary N) is 1. The number of carbonyl (C=O) groups excluding carboxylic acids is 2. The van der Waals surface area contributed by atoms with Gasteiger partial charge in [-0.15, -0.1) is 39.4 Å². The summed E-state index contributed by atoms with van der Waals surface area (Å²) in [7, 11) is 1.37. The molecule has 4 rings (SSSR count). The van der Waals surface area contributed by atoms with Gasteiger partial charge in [0, 0.05) is 27.2 Å². The van der Waals surface area contributed by atoms with Crippen LogP contribution in [-0.2, 0) is 35.3 Å². The van der Waals surface area contributed by atoms with Crippen LogP contribution >= 0.6 is 34.4 Å². The first-order valence-corrected chi connectivity index (χ1v) is 13.5. The number of thiophene rings is 2. The third kappa shape index (κ3) is 5.07. The molecule has 0 bridgehead atoms. The zero-order valence-electron chi connectivity index (χ0n) is 18.7. The van der Waals surface area contributed by atoms with Gasteiger partial charge >= 0.3 is 5.97 Å². The number of aromatic nitrogens is 3. The molecule has 0 saturated heterocycles. The molecule has 1 aliphatic carbocycles. The average molecular weight is 503 g/mol. The van der Waals surface area contributed by atoms with Crippen LogP contribution in [0.15, 0.2) is 29.3 Å². The highest BCUT2D eigenvalue weighted by Crippen LogP contribution is 2.39. The Morgan fingerprint density at radius 3 is 2.97 bits per heavy atom. The van der Waals surface area contributed by atoms with Gasteiger partial charge < -0.3 is 10.1 Å². The Morgan fingerprint density at radius 2 is 2.21 bits per heavy atom. The molecule has 0 atom stereocenters. The molecular weight excluding hydrogens is 476 g/mol. The van der Waals surface area contributed by atoms with E-state index in [-0.39, 0.29) is 11.7 Å². The number of amides is 1. The van der Waals surface area contributed by atoms with Gasteiger partial charge in [0.05, 0.1) is 18.4 Å². The fraction of sp³-hybridized carbons (Fsp3) is 0.391. The molecule has 10 heteroatoms. The van der Waals surface area contributed by atoms with Gasteiger partial charge in [0.15, 0.2) is 11.0 Å². The van der Waals surface area contributed by atoms with Gasteiger partial charge in [-0.25, -0.2) is 4.79 Å². The molecule has 3 aromatic rings. The SMILES string of the molecule is C=CCn1c(SCC(=O)Nc2sc3c(c2C(=O)OC)CCC3)nnc1-c1csc(CCC)c1. The van der Waals surface area contributed by atoms with E-state index in [0.29, 0.717) is 22.3 Å². The molecule has 0 aliphatic heterocycles. The summed E-state index contributed by atoms with van der Waals surface area (Å²) in [6, 6.07) is 2.16. The van der Waals surface area contributed by atoms with Gasteiger partial charge in [0.25, 0.3) is 0 Å². The number of thioether (sulfide) groups is 1. The van der Waals surface area contributed by atoms with E-state index in [2.05, 4.69) is 40.5 Å². The van der Waals surface area contributed by atoms with Crippen molar-refractivity contribution in [1.82, 2.24) is 14.8 Å². The van der Waals surface area contributed by atoms with E-state index in [1.54, 1.807) is 17.4 Å². The lowest BCUT2D eigenvalue weighted by Crippen LogP contribution is -2.16. The normalized spacial score (nSPS) is 12.5.